The molecule has 0 bridgehead atoms. The Morgan fingerprint density at radius 2 is 1.68 bits per heavy atom. The summed E-state index contributed by atoms with van der Waals surface area (Å²) in [5.41, 5.74) is 0.282. The van der Waals surface area contributed by atoms with Gasteiger partial charge in [0.1, 0.15) is 16.9 Å². The van der Waals surface area contributed by atoms with E-state index >= 15 is 0 Å². The van der Waals surface area contributed by atoms with Crippen LogP contribution >= 0.6 is 0 Å². The molecule has 0 saturated heterocycles. The van der Waals surface area contributed by atoms with E-state index in [9.17, 15) is 14.7 Å². The third kappa shape index (κ3) is 3.45. The molecule has 28 heavy (non-hydrogen) atoms. The van der Waals surface area contributed by atoms with E-state index in [-0.39, 0.29) is 0 Å². The van der Waals surface area contributed by atoms with Crippen molar-refractivity contribution in [3.63, 3.8) is 0 Å². The van der Waals surface area contributed by atoms with Crippen LogP contribution in [0.15, 0.2) is 54.7 Å². The number of carbonyl (C=O) groups excluding carboxylic acids is 1. The van der Waals surface area contributed by atoms with Crippen molar-refractivity contribution in [3.05, 3.63) is 54.7 Å². The molecular weight excluding hydrogens is 356 g/mol. The van der Waals surface area contributed by atoms with Crippen LogP contribution in [-0.4, -0.2) is 22.0 Å². The second-order valence-corrected chi connectivity index (χ2v) is 7.26. The van der Waals surface area contributed by atoms with Crippen LogP contribution in [0.25, 0.3) is 10.9 Å². The number of ether oxygens (including phenoxy) is 1. The first kappa shape index (κ1) is 18.1. The largest absolute Gasteiger partial charge is 0.480 e. The van der Waals surface area contributed by atoms with E-state index in [2.05, 4.69) is 10.3 Å². The molecule has 4 rings (SSSR count). The molecule has 6 heteroatoms. The lowest BCUT2D eigenvalue weighted by molar-refractivity contribution is -0.156. The zero-order chi connectivity index (χ0) is 19.6. The molecule has 1 aliphatic carbocycles. The minimum Gasteiger partial charge on any atom is -0.480 e. The van der Waals surface area contributed by atoms with E-state index in [4.69, 9.17) is 4.74 Å². The quantitative estimate of drug-likeness (QED) is 0.549. The van der Waals surface area contributed by atoms with Crippen molar-refractivity contribution in [2.45, 2.75) is 32.1 Å². The van der Waals surface area contributed by atoms with Gasteiger partial charge >= 0.3 is 5.97 Å². The van der Waals surface area contributed by atoms with Crippen molar-refractivity contribution in [3.8, 4) is 11.5 Å². The van der Waals surface area contributed by atoms with Gasteiger partial charge in [0.25, 0.3) is 0 Å². The smallest absolute Gasteiger partial charge is 0.319 e. The topological polar surface area (TPSA) is 91.4 Å². The number of benzene rings is 2. The third-order valence-electron chi connectivity index (χ3n) is 5.42. The number of H-pyrrole nitrogens is 1. The molecule has 3 aromatic rings. The predicted molar refractivity (Wildman–Crippen MR) is 107 cm³/mol. The summed E-state index contributed by atoms with van der Waals surface area (Å²) in [5.74, 6) is -0.120. The Balaban J connectivity index is 1.45. The molecule has 1 heterocycles. The molecule has 1 saturated carbocycles. The highest BCUT2D eigenvalue weighted by molar-refractivity contribution is 6.08. The molecule has 6 nitrogen and oxygen atoms in total. The van der Waals surface area contributed by atoms with Gasteiger partial charge in [-0.1, -0.05) is 19.3 Å². The average Bonchev–Trinajstić information content (AvgIpc) is 3.17. The first-order valence-electron chi connectivity index (χ1n) is 9.47. The van der Waals surface area contributed by atoms with E-state index < -0.39 is 17.3 Å². The first-order valence-corrected chi connectivity index (χ1v) is 9.47. The van der Waals surface area contributed by atoms with Crippen LogP contribution in [0.1, 0.15) is 32.1 Å². The summed E-state index contributed by atoms with van der Waals surface area (Å²) in [6, 6.07) is 14.7. The monoisotopic (exact) mass is 378 g/mol. The van der Waals surface area contributed by atoms with Crippen molar-refractivity contribution in [2.75, 3.05) is 5.32 Å². The number of aromatic amines is 1. The lowest BCUT2D eigenvalue weighted by atomic mass is 9.73. The van der Waals surface area contributed by atoms with Crippen LogP contribution in [0, 0.1) is 5.41 Å². The minimum atomic E-state index is -1.32. The maximum Gasteiger partial charge on any atom is 0.319 e. The molecule has 1 fully saturated rings. The molecule has 0 spiro atoms. The fourth-order valence-electron chi connectivity index (χ4n) is 3.78. The maximum atomic E-state index is 12.7. The van der Waals surface area contributed by atoms with Crippen LogP contribution in [0.2, 0.25) is 0 Å². The zero-order valence-electron chi connectivity index (χ0n) is 15.4. The van der Waals surface area contributed by atoms with Crippen LogP contribution in [-0.2, 0) is 9.59 Å². The number of hydrogen-bond donors (Lipinski definition) is 3. The van der Waals surface area contributed by atoms with Crippen LogP contribution in [0.5, 0.6) is 11.5 Å². The molecule has 144 valence electrons. The SMILES string of the molecule is O=C(O)C1(C(=O)Nc2ccc(Oc3ccc4[nH]ccc4c3)cc2)CCCCC1. The van der Waals surface area contributed by atoms with Crippen molar-refractivity contribution in [1.82, 2.24) is 4.98 Å². The lowest BCUT2D eigenvalue weighted by Gasteiger charge is -2.31. The van der Waals surface area contributed by atoms with Gasteiger partial charge in [0.2, 0.25) is 5.91 Å². The average molecular weight is 378 g/mol. The Morgan fingerprint density at radius 1 is 0.964 bits per heavy atom. The van der Waals surface area contributed by atoms with Gasteiger partial charge in [-0.25, -0.2) is 0 Å². The van der Waals surface area contributed by atoms with E-state index in [0.29, 0.717) is 24.3 Å². The first-order chi connectivity index (χ1) is 13.6. The number of anilines is 1. The minimum absolute atomic E-state index is 0.386. The van der Waals surface area contributed by atoms with Gasteiger partial charge in [-0.05, 0) is 61.4 Å². The standard InChI is InChI=1S/C22H22N2O4/c25-20(22(21(26)27)11-2-1-3-12-22)24-16-4-6-17(7-5-16)28-18-8-9-19-15(14-18)10-13-23-19/h4-10,13-14,23H,1-3,11-12H2,(H,24,25)(H,26,27). The maximum absolute atomic E-state index is 12.7. The Bertz CT molecular complexity index is 1000. The number of aliphatic carboxylic acids is 1. The van der Waals surface area contributed by atoms with Gasteiger partial charge in [0.15, 0.2) is 0 Å². The highest BCUT2D eigenvalue weighted by atomic mass is 16.5. The second-order valence-electron chi connectivity index (χ2n) is 7.26. The molecular formula is C22H22N2O4. The van der Waals surface area contributed by atoms with Crippen molar-refractivity contribution < 1.29 is 19.4 Å². The highest BCUT2D eigenvalue weighted by Gasteiger charge is 2.46. The second kappa shape index (κ2) is 7.38. The summed E-state index contributed by atoms with van der Waals surface area (Å²) in [4.78, 5) is 27.6. The molecule has 1 amide bonds. The van der Waals surface area contributed by atoms with E-state index in [1.54, 1.807) is 24.3 Å². The molecule has 2 aromatic carbocycles. The lowest BCUT2D eigenvalue weighted by Crippen LogP contribution is -2.44. The molecule has 0 radical (unpaired) electrons. The summed E-state index contributed by atoms with van der Waals surface area (Å²) in [6.45, 7) is 0. The van der Waals surface area contributed by atoms with Gasteiger partial charge < -0.3 is 20.1 Å². The zero-order valence-corrected chi connectivity index (χ0v) is 15.4. The number of nitrogens with one attached hydrogen (secondary N) is 2. The number of aromatic nitrogens is 1. The molecule has 0 atom stereocenters. The van der Waals surface area contributed by atoms with E-state index in [1.165, 1.54) is 0 Å². The Morgan fingerprint density at radius 3 is 2.39 bits per heavy atom. The number of carboxylic acid groups (broad SMARTS) is 1. The summed E-state index contributed by atoms with van der Waals surface area (Å²) in [5, 5.41) is 13.5. The van der Waals surface area contributed by atoms with E-state index in [1.807, 2.05) is 30.5 Å². The Kier molecular flexibility index (Phi) is 4.77. The summed E-state index contributed by atoms with van der Waals surface area (Å²) < 4.78 is 5.87. The van der Waals surface area contributed by atoms with Gasteiger partial charge in [-0.15, -0.1) is 0 Å². The summed E-state index contributed by atoms with van der Waals surface area (Å²) >= 11 is 0. The third-order valence-corrected chi connectivity index (χ3v) is 5.42. The summed E-state index contributed by atoms with van der Waals surface area (Å²) in [7, 11) is 0. The molecule has 0 aliphatic heterocycles. The normalized spacial score (nSPS) is 15.9. The van der Waals surface area contributed by atoms with Crippen molar-refractivity contribution >= 4 is 28.5 Å². The van der Waals surface area contributed by atoms with Crippen molar-refractivity contribution in [1.29, 1.82) is 0 Å². The molecule has 1 aliphatic rings. The van der Waals surface area contributed by atoms with Gasteiger partial charge in [0, 0.05) is 22.8 Å². The summed E-state index contributed by atoms with van der Waals surface area (Å²) in [6.07, 6.45) is 5.15. The van der Waals surface area contributed by atoms with Gasteiger partial charge in [0.05, 0.1) is 0 Å². The predicted octanol–water partition coefficient (Wildman–Crippen LogP) is 4.93. The molecule has 3 N–H and O–H groups in total. The Hall–Kier alpha value is -3.28. The number of hydrogen-bond acceptors (Lipinski definition) is 3. The number of carbonyl (C=O) groups is 2. The highest BCUT2D eigenvalue weighted by Crippen LogP contribution is 2.38. The number of rotatable bonds is 5. The van der Waals surface area contributed by atoms with Crippen LogP contribution in [0.3, 0.4) is 0 Å². The molecule has 0 unspecified atom stereocenters. The fraction of sp³-hybridized carbons (Fsp3) is 0.273. The van der Waals surface area contributed by atoms with Gasteiger partial charge in [-0.3, -0.25) is 9.59 Å². The fourth-order valence-corrected chi connectivity index (χ4v) is 3.78. The number of fused-ring (bicyclic) bond motifs is 1. The molecule has 1 aromatic heterocycles. The number of carboxylic acids is 1. The van der Waals surface area contributed by atoms with Crippen LogP contribution in [0.4, 0.5) is 5.69 Å². The Labute approximate surface area is 162 Å². The number of amides is 1. The van der Waals surface area contributed by atoms with Crippen LogP contribution < -0.4 is 10.1 Å². The van der Waals surface area contributed by atoms with Crippen molar-refractivity contribution in [2.24, 2.45) is 5.41 Å². The van der Waals surface area contributed by atoms with Gasteiger partial charge in [-0.2, -0.15) is 0 Å². The van der Waals surface area contributed by atoms with E-state index in [0.717, 1.165) is 35.9 Å².